The number of benzene rings is 2. The van der Waals surface area contributed by atoms with Crippen LogP contribution in [0.2, 0.25) is 5.02 Å². The molecule has 0 saturated heterocycles. The zero-order chi connectivity index (χ0) is 15.7. The number of nitro benzene ring substituents is 1. The molecule has 1 heterocycles. The number of phenols is 1. The maximum atomic E-state index is 10.8. The summed E-state index contributed by atoms with van der Waals surface area (Å²) in [6.45, 7) is 0. The fourth-order valence-electron chi connectivity index (χ4n) is 1.95. The van der Waals surface area contributed by atoms with Crippen molar-refractivity contribution < 1.29 is 10.0 Å². The van der Waals surface area contributed by atoms with E-state index < -0.39 is 4.92 Å². The van der Waals surface area contributed by atoms with Gasteiger partial charge in [0.2, 0.25) is 0 Å². The minimum Gasteiger partial charge on any atom is -0.502 e. The van der Waals surface area contributed by atoms with Gasteiger partial charge >= 0.3 is 5.69 Å². The van der Waals surface area contributed by atoms with Gasteiger partial charge in [-0.25, -0.2) is 4.98 Å². The third-order valence-electron chi connectivity index (χ3n) is 2.98. The molecule has 7 heteroatoms. The van der Waals surface area contributed by atoms with Crippen molar-refractivity contribution in [3.63, 3.8) is 0 Å². The molecule has 0 fully saturated rings. The van der Waals surface area contributed by atoms with Crippen molar-refractivity contribution in [2.45, 2.75) is 0 Å². The Balaban J connectivity index is 1.92. The number of rotatable bonds is 3. The molecule has 0 saturated carbocycles. The molecule has 0 aliphatic rings. The number of nitro groups is 1. The molecule has 0 amide bonds. The predicted octanol–water partition coefficient (Wildman–Crippen LogP) is 4.73. The number of hydrogen-bond donors (Lipinski definition) is 1. The van der Waals surface area contributed by atoms with Crippen LogP contribution in [0.5, 0.6) is 5.75 Å². The molecule has 3 aromatic rings. The highest BCUT2D eigenvalue weighted by Crippen LogP contribution is 2.28. The molecule has 0 radical (unpaired) electrons. The summed E-state index contributed by atoms with van der Waals surface area (Å²) in [5.74, 6) is -0.350. The Morgan fingerprint density at radius 2 is 2.05 bits per heavy atom. The molecule has 0 aliphatic carbocycles. The van der Waals surface area contributed by atoms with E-state index in [2.05, 4.69) is 4.98 Å². The van der Waals surface area contributed by atoms with Crippen molar-refractivity contribution in [3.05, 3.63) is 62.1 Å². The number of thiazole rings is 1. The minimum absolute atomic E-state index is 0.321. The second-order valence-electron chi connectivity index (χ2n) is 4.50. The van der Waals surface area contributed by atoms with Gasteiger partial charge in [-0.15, -0.1) is 11.3 Å². The van der Waals surface area contributed by atoms with Gasteiger partial charge in [-0.2, -0.15) is 0 Å². The second-order valence-corrected chi connectivity index (χ2v) is 6.00. The van der Waals surface area contributed by atoms with Gasteiger partial charge in [0.1, 0.15) is 5.01 Å². The number of hydrogen-bond acceptors (Lipinski definition) is 5. The molecule has 0 atom stereocenters. The molecular formula is C15H9ClN2O3S. The molecule has 0 aliphatic heterocycles. The summed E-state index contributed by atoms with van der Waals surface area (Å²) in [6.07, 6.45) is 3.49. The summed E-state index contributed by atoms with van der Waals surface area (Å²) in [5.41, 5.74) is 1.11. The number of aromatic hydroxyl groups is 1. The fraction of sp³-hybridized carbons (Fsp3) is 0. The van der Waals surface area contributed by atoms with Crippen LogP contribution >= 0.6 is 22.9 Å². The molecular weight excluding hydrogens is 324 g/mol. The van der Waals surface area contributed by atoms with Crippen LogP contribution in [0.15, 0.2) is 36.4 Å². The Hall–Kier alpha value is -2.44. The molecule has 3 rings (SSSR count). The van der Waals surface area contributed by atoms with Crippen molar-refractivity contribution in [1.82, 2.24) is 4.98 Å². The van der Waals surface area contributed by atoms with Crippen molar-refractivity contribution in [2.75, 3.05) is 0 Å². The molecule has 1 N–H and O–H groups in total. The highest BCUT2D eigenvalue weighted by atomic mass is 35.5. The van der Waals surface area contributed by atoms with E-state index in [9.17, 15) is 15.2 Å². The lowest BCUT2D eigenvalue weighted by atomic mass is 10.2. The molecule has 22 heavy (non-hydrogen) atoms. The van der Waals surface area contributed by atoms with E-state index in [-0.39, 0.29) is 11.4 Å². The first kappa shape index (κ1) is 14.5. The Morgan fingerprint density at radius 1 is 1.23 bits per heavy atom. The Labute approximate surface area is 134 Å². The van der Waals surface area contributed by atoms with Crippen LogP contribution in [-0.4, -0.2) is 15.0 Å². The van der Waals surface area contributed by atoms with E-state index in [1.807, 2.05) is 6.07 Å². The van der Waals surface area contributed by atoms with E-state index in [1.165, 1.54) is 23.5 Å². The summed E-state index contributed by atoms with van der Waals surface area (Å²) in [7, 11) is 0. The number of phenolic OH excluding ortho intramolecular Hbond substituents is 1. The van der Waals surface area contributed by atoms with Gasteiger partial charge < -0.3 is 5.11 Å². The maximum absolute atomic E-state index is 10.8. The number of aromatic nitrogens is 1. The molecule has 110 valence electrons. The molecule has 0 spiro atoms. The number of nitrogens with zero attached hydrogens (tertiary/aromatic N) is 2. The SMILES string of the molecule is O=[N+]([O-])c1cc(/C=C/c2nc3cc(Cl)ccc3s2)ccc1O. The molecule has 1 aromatic heterocycles. The van der Waals surface area contributed by atoms with Crippen molar-refractivity contribution in [2.24, 2.45) is 0 Å². The van der Waals surface area contributed by atoms with Crippen LogP contribution in [0.25, 0.3) is 22.4 Å². The number of halogens is 1. The topological polar surface area (TPSA) is 76.3 Å². The summed E-state index contributed by atoms with van der Waals surface area (Å²) in [5, 5.41) is 21.6. The van der Waals surface area contributed by atoms with E-state index in [0.717, 1.165) is 15.2 Å². The fourth-order valence-corrected chi connectivity index (χ4v) is 2.96. The van der Waals surface area contributed by atoms with Crippen LogP contribution in [0.4, 0.5) is 5.69 Å². The predicted molar refractivity (Wildman–Crippen MR) is 88.3 cm³/mol. The molecule has 0 unspecified atom stereocenters. The Bertz CT molecular complexity index is 905. The second kappa shape index (κ2) is 5.75. The largest absolute Gasteiger partial charge is 0.502 e. The van der Waals surface area contributed by atoms with Crippen LogP contribution in [0.3, 0.4) is 0 Å². The summed E-state index contributed by atoms with van der Waals surface area (Å²) < 4.78 is 1.01. The first-order valence-corrected chi connectivity index (χ1v) is 7.44. The van der Waals surface area contributed by atoms with Crippen LogP contribution < -0.4 is 0 Å². The lowest BCUT2D eigenvalue weighted by Gasteiger charge is -1.97. The first-order chi connectivity index (χ1) is 10.5. The third kappa shape index (κ3) is 2.93. The van der Waals surface area contributed by atoms with Gasteiger partial charge in [-0.05, 0) is 35.9 Å². The molecule has 2 aromatic carbocycles. The van der Waals surface area contributed by atoms with Crippen LogP contribution in [-0.2, 0) is 0 Å². The van der Waals surface area contributed by atoms with Gasteiger partial charge in [0.25, 0.3) is 0 Å². The van der Waals surface area contributed by atoms with E-state index in [0.29, 0.717) is 10.6 Å². The van der Waals surface area contributed by atoms with E-state index in [1.54, 1.807) is 30.4 Å². The normalized spacial score (nSPS) is 11.3. The zero-order valence-electron chi connectivity index (χ0n) is 11.1. The van der Waals surface area contributed by atoms with E-state index in [4.69, 9.17) is 11.6 Å². The van der Waals surface area contributed by atoms with Crippen LogP contribution in [0.1, 0.15) is 10.6 Å². The summed E-state index contributed by atoms with van der Waals surface area (Å²) in [4.78, 5) is 14.6. The Morgan fingerprint density at radius 3 is 2.82 bits per heavy atom. The standard InChI is InChI=1S/C15H9ClN2O3S/c16-10-3-5-14-11(8-10)17-15(22-14)6-2-9-1-4-13(19)12(7-9)18(20)21/h1-8,19H/b6-2+. The van der Waals surface area contributed by atoms with Gasteiger partial charge in [0.05, 0.1) is 15.1 Å². The van der Waals surface area contributed by atoms with E-state index >= 15 is 0 Å². The minimum atomic E-state index is -0.619. The monoisotopic (exact) mass is 332 g/mol. The lowest BCUT2D eigenvalue weighted by Crippen LogP contribution is -1.88. The smallest absolute Gasteiger partial charge is 0.311 e. The quantitative estimate of drug-likeness (QED) is 0.555. The molecule has 0 bridgehead atoms. The molecule has 5 nitrogen and oxygen atoms in total. The Kier molecular flexibility index (Phi) is 3.79. The summed E-state index contributed by atoms with van der Waals surface area (Å²) >= 11 is 7.42. The zero-order valence-corrected chi connectivity index (χ0v) is 12.6. The highest BCUT2D eigenvalue weighted by molar-refractivity contribution is 7.19. The highest BCUT2D eigenvalue weighted by Gasteiger charge is 2.12. The average molecular weight is 333 g/mol. The van der Waals surface area contributed by atoms with Gasteiger partial charge in [0.15, 0.2) is 5.75 Å². The third-order valence-corrected chi connectivity index (χ3v) is 4.22. The van der Waals surface area contributed by atoms with Crippen molar-refractivity contribution >= 4 is 51.0 Å². The number of fused-ring (bicyclic) bond motifs is 1. The van der Waals surface area contributed by atoms with Crippen molar-refractivity contribution in [3.8, 4) is 5.75 Å². The average Bonchev–Trinajstić information content (AvgIpc) is 2.88. The van der Waals surface area contributed by atoms with Crippen molar-refractivity contribution in [1.29, 1.82) is 0 Å². The van der Waals surface area contributed by atoms with Gasteiger partial charge in [0, 0.05) is 11.1 Å². The summed E-state index contributed by atoms with van der Waals surface area (Å²) in [6, 6.07) is 9.71. The lowest BCUT2D eigenvalue weighted by molar-refractivity contribution is -0.385. The van der Waals surface area contributed by atoms with Crippen LogP contribution in [0, 0.1) is 10.1 Å². The van der Waals surface area contributed by atoms with Gasteiger partial charge in [-0.1, -0.05) is 23.7 Å². The first-order valence-electron chi connectivity index (χ1n) is 6.24. The maximum Gasteiger partial charge on any atom is 0.311 e. The van der Waals surface area contributed by atoms with Gasteiger partial charge in [-0.3, -0.25) is 10.1 Å².